The number of allylic oxidation sites excluding steroid dienone is 4. The van der Waals surface area contributed by atoms with E-state index >= 15 is 0 Å². The summed E-state index contributed by atoms with van der Waals surface area (Å²) < 4.78 is 1.30. The molecule has 3 heteroatoms. The Morgan fingerprint density at radius 2 is 1.88 bits per heavy atom. The number of piperidine rings is 1. The van der Waals surface area contributed by atoms with Crippen molar-refractivity contribution in [2.75, 3.05) is 27.2 Å². The zero-order valence-corrected chi connectivity index (χ0v) is 13.3. The van der Waals surface area contributed by atoms with Crippen molar-refractivity contribution in [1.82, 2.24) is 9.80 Å². The van der Waals surface area contributed by atoms with Crippen LogP contribution in [0, 0.1) is 0 Å². The summed E-state index contributed by atoms with van der Waals surface area (Å²) in [5.41, 5.74) is 1.25. The molecule has 0 aromatic carbocycles. The third-order valence-corrected chi connectivity index (χ3v) is 3.61. The monoisotopic (exact) mass is 346 g/mol. The average molecular weight is 346 g/mol. The lowest BCUT2D eigenvalue weighted by Crippen LogP contribution is -2.41. The Labute approximate surface area is 119 Å². The second kappa shape index (κ2) is 7.21. The lowest BCUT2D eigenvalue weighted by atomic mass is 10.0. The minimum atomic E-state index is 0.735. The van der Waals surface area contributed by atoms with Gasteiger partial charge in [0.15, 0.2) is 0 Å². The van der Waals surface area contributed by atoms with Crippen molar-refractivity contribution in [3.63, 3.8) is 0 Å². The van der Waals surface area contributed by atoms with Gasteiger partial charge < -0.3 is 9.80 Å². The van der Waals surface area contributed by atoms with Crippen molar-refractivity contribution < 1.29 is 0 Å². The zero-order valence-electron chi connectivity index (χ0n) is 11.1. The molecule has 0 aromatic rings. The van der Waals surface area contributed by atoms with Crippen LogP contribution in [0.15, 0.2) is 34.1 Å². The Morgan fingerprint density at radius 3 is 2.29 bits per heavy atom. The predicted molar refractivity (Wildman–Crippen MR) is 84.3 cm³/mol. The van der Waals surface area contributed by atoms with Crippen LogP contribution in [0.25, 0.3) is 0 Å². The first-order chi connectivity index (χ1) is 8.04. The van der Waals surface area contributed by atoms with Gasteiger partial charge >= 0.3 is 0 Å². The predicted octanol–water partition coefficient (Wildman–Crippen LogP) is 3.42. The summed E-state index contributed by atoms with van der Waals surface area (Å²) in [6, 6.07) is 0.735. The number of hydrogen-bond acceptors (Lipinski definition) is 2. The van der Waals surface area contributed by atoms with Crippen molar-refractivity contribution in [2.45, 2.75) is 25.8 Å². The standard InChI is InChI=1S/C14H23IN2/c1-5-13(7-6-12(2)15)17-10-8-14(9-11-17)16(3)4/h5-7,14H,1,8-11H2,2-4H3/b12-6+,13-7+. The maximum Gasteiger partial charge on any atom is 0.0360 e. The summed E-state index contributed by atoms with van der Waals surface area (Å²) in [7, 11) is 4.35. The molecule has 0 radical (unpaired) electrons. The van der Waals surface area contributed by atoms with Gasteiger partial charge in [0.1, 0.15) is 0 Å². The zero-order chi connectivity index (χ0) is 12.8. The lowest BCUT2D eigenvalue weighted by molar-refractivity contribution is 0.173. The van der Waals surface area contributed by atoms with E-state index < -0.39 is 0 Å². The van der Waals surface area contributed by atoms with Crippen LogP contribution in [0.2, 0.25) is 0 Å². The molecule has 0 saturated carbocycles. The molecule has 1 aliphatic heterocycles. The van der Waals surface area contributed by atoms with E-state index in [1.54, 1.807) is 0 Å². The number of nitrogens with zero attached hydrogens (tertiary/aromatic N) is 2. The highest BCUT2D eigenvalue weighted by Gasteiger charge is 2.20. The largest absolute Gasteiger partial charge is 0.371 e. The van der Waals surface area contributed by atoms with Gasteiger partial charge in [-0.2, -0.15) is 0 Å². The molecule has 0 unspecified atom stereocenters. The Kier molecular flexibility index (Phi) is 6.27. The fourth-order valence-electron chi connectivity index (χ4n) is 2.14. The minimum absolute atomic E-state index is 0.735. The van der Waals surface area contributed by atoms with Crippen LogP contribution in [0.5, 0.6) is 0 Å². The van der Waals surface area contributed by atoms with E-state index in [9.17, 15) is 0 Å². The first kappa shape index (κ1) is 14.8. The first-order valence-corrected chi connectivity index (χ1v) is 7.20. The van der Waals surface area contributed by atoms with E-state index in [0.29, 0.717) is 0 Å². The van der Waals surface area contributed by atoms with Gasteiger partial charge in [-0.05, 0) is 72.2 Å². The average Bonchev–Trinajstić information content (AvgIpc) is 2.30. The normalized spacial score (nSPS) is 19.9. The summed E-state index contributed by atoms with van der Waals surface area (Å²) in [4.78, 5) is 4.77. The quantitative estimate of drug-likeness (QED) is 0.569. The van der Waals surface area contributed by atoms with Crippen LogP contribution < -0.4 is 0 Å². The maximum absolute atomic E-state index is 3.92. The Bertz CT molecular complexity index is 306. The second-order valence-corrected chi connectivity index (χ2v) is 6.43. The van der Waals surface area contributed by atoms with Crippen LogP contribution in [0.4, 0.5) is 0 Å². The van der Waals surface area contributed by atoms with E-state index in [1.165, 1.54) is 22.1 Å². The first-order valence-electron chi connectivity index (χ1n) is 6.12. The number of hydrogen-bond donors (Lipinski definition) is 0. The van der Waals surface area contributed by atoms with Crippen LogP contribution in [-0.2, 0) is 0 Å². The molecular weight excluding hydrogens is 323 g/mol. The van der Waals surface area contributed by atoms with Gasteiger partial charge in [0.25, 0.3) is 0 Å². The molecule has 0 spiro atoms. The molecule has 0 aliphatic carbocycles. The topological polar surface area (TPSA) is 6.48 Å². The number of likely N-dealkylation sites (tertiary alicyclic amines) is 1. The maximum atomic E-state index is 3.92. The van der Waals surface area contributed by atoms with Crippen LogP contribution >= 0.6 is 22.6 Å². The van der Waals surface area contributed by atoms with Crippen molar-refractivity contribution in [3.8, 4) is 0 Å². The molecule has 1 aliphatic rings. The molecule has 0 aromatic heterocycles. The van der Waals surface area contributed by atoms with Crippen LogP contribution in [0.1, 0.15) is 19.8 Å². The summed E-state index contributed by atoms with van der Waals surface area (Å²) in [5, 5.41) is 0. The highest BCUT2D eigenvalue weighted by Crippen LogP contribution is 2.19. The summed E-state index contributed by atoms with van der Waals surface area (Å²) in [5.74, 6) is 0. The van der Waals surface area contributed by atoms with Crippen molar-refractivity contribution in [2.24, 2.45) is 0 Å². The van der Waals surface area contributed by atoms with E-state index in [1.807, 2.05) is 6.08 Å². The molecule has 1 heterocycles. The molecule has 0 amide bonds. The van der Waals surface area contributed by atoms with Gasteiger partial charge in [-0.15, -0.1) is 0 Å². The third kappa shape index (κ3) is 4.84. The number of halogens is 1. The highest BCUT2D eigenvalue weighted by molar-refractivity contribution is 14.1. The molecule has 1 fully saturated rings. The van der Waals surface area contributed by atoms with Crippen LogP contribution in [-0.4, -0.2) is 43.0 Å². The molecule has 0 atom stereocenters. The SMILES string of the molecule is C=C/C(=C\C=C(/C)I)N1CCC(N(C)C)CC1. The molecule has 1 saturated heterocycles. The molecule has 2 nitrogen and oxygen atoms in total. The molecule has 96 valence electrons. The fraction of sp³-hybridized carbons (Fsp3) is 0.571. The van der Waals surface area contributed by atoms with Gasteiger partial charge in [-0.3, -0.25) is 0 Å². The van der Waals surface area contributed by atoms with Crippen molar-refractivity contribution in [3.05, 3.63) is 34.1 Å². The van der Waals surface area contributed by atoms with Crippen LogP contribution in [0.3, 0.4) is 0 Å². The fourth-order valence-corrected chi connectivity index (χ4v) is 2.32. The van der Waals surface area contributed by atoms with Gasteiger partial charge in [0.2, 0.25) is 0 Å². The third-order valence-electron chi connectivity index (χ3n) is 3.25. The number of rotatable bonds is 4. The minimum Gasteiger partial charge on any atom is -0.371 e. The molecule has 0 bridgehead atoms. The van der Waals surface area contributed by atoms with Gasteiger partial charge in [0.05, 0.1) is 0 Å². The second-order valence-electron chi connectivity index (χ2n) is 4.73. The highest BCUT2D eigenvalue weighted by atomic mass is 127. The summed E-state index contributed by atoms with van der Waals surface area (Å²) >= 11 is 2.33. The smallest absolute Gasteiger partial charge is 0.0360 e. The van der Waals surface area contributed by atoms with Gasteiger partial charge in [-0.1, -0.05) is 12.7 Å². The van der Waals surface area contributed by atoms with E-state index in [4.69, 9.17) is 0 Å². The molecule has 0 N–H and O–H groups in total. The summed E-state index contributed by atoms with van der Waals surface area (Å²) in [6.07, 6.45) is 8.77. The van der Waals surface area contributed by atoms with Crippen molar-refractivity contribution in [1.29, 1.82) is 0 Å². The molecule has 1 rings (SSSR count). The van der Waals surface area contributed by atoms with E-state index in [2.05, 4.69) is 72.1 Å². The summed E-state index contributed by atoms with van der Waals surface area (Å²) in [6.45, 7) is 8.29. The van der Waals surface area contributed by atoms with Crippen molar-refractivity contribution >= 4 is 22.6 Å². The Morgan fingerprint density at radius 1 is 1.29 bits per heavy atom. The van der Waals surface area contributed by atoms with Gasteiger partial charge in [0, 0.05) is 24.8 Å². The van der Waals surface area contributed by atoms with E-state index in [0.717, 1.165) is 19.1 Å². The molecule has 17 heavy (non-hydrogen) atoms. The molecular formula is C14H23IN2. The van der Waals surface area contributed by atoms with E-state index in [-0.39, 0.29) is 0 Å². The lowest BCUT2D eigenvalue weighted by Gasteiger charge is -2.36. The van der Waals surface area contributed by atoms with Gasteiger partial charge in [-0.25, -0.2) is 0 Å². The Balaban J connectivity index is 2.60. The Hall–Kier alpha value is -0.290.